The molecule has 0 atom stereocenters. The van der Waals surface area contributed by atoms with E-state index < -0.39 is 0 Å². The van der Waals surface area contributed by atoms with Crippen molar-refractivity contribution in [3.05, 3.63) is 25.6 Å². The first kappa shape index (κ1) is 14.9. The maximum absolute atomic E-state index is 5.97. The van der Waals surface area contributed by atoms with Gasteiger partial charge in [0.1, 0.15) is 5.82 Å². The Labute approximate surface area is 133 Å². The zero-order valence-corrected chi connectivity index (χ0v) is 15.0. The minimum atomic E-state index is 0.503. The summed E-state index contributed by atoms with van der Waals surface area (Å²) in [6.45, 7) is 6.39. The van der Waals surface area contributed by atoms with Crippen LogP contribution >= 0.6 is 43.2 Å². The van der Waals surface area contributed by atoms with Gasteiger partial charge in [0, 0.05) is 9.35 Å². The molecule has 2 aromatic heterocycles. The van der Waals surface area contributed by atoms with Gasteiger partial charge < -0.3 is 5.73 Å². The molecule has 0 saturated heterocycles. The number of rotatable bonds is 3. The van der Waals surface area contributed by atoms with Crippen molar-refractivity contribution in [3.63, 3.8) is 0 Å². The van der Waals surface area contributed by atoms with Crippen molar-refractivity contribution in [2.24, 2.45) is 5.92 Å². The number of halogens is 2. The Kier molecular flexibility index (Phi) is 4.63. The molecule has 19 heavy (non-hydrogen) atoms. The van der Waals surface area contributed by atoms with Crippen molar-refractivity contribution in [1.29, 1.82) is 0 Å². The SMILES string of the molecule is Cc1sc(-c2nc(N)c(Br)c(CC(C)C)n2)cc1Br. The molecule has 0 aromatic carbocycles. The molecule has 0 radical (unpaired) electrons. The number of aromatic nitrogens is 2. The molecule has 0 aliphatic heterocycles. The fraction of sp³-hybridized carbons (Fsp3) is 0.385. The first-order valence-corrected chi connectivity index (χ1v) is 8.37. The molecule has 0 spiro atoms. The van der Waals surface area contributed by atoms with Crippen LogP contribution in [0.2, 0.25) is 0 Å². The molecule has 0 bridgehead atoms. The number of aryl methyl sites for hydroxylation is 1. The largest absolute Gasteiger partial charge is 0.383 e. The lowest BCUT2D eigenvalue weighted by molar-refractivity contribution is 0.633. The van der Waals surface area contributed by atoms with Gasteiger partial charge in [-0.25, -0.2) is 9.97 Å². The molecular formula is C13H15Br2N3S. The average molecular weight is 405 g/mol. The third kappa shape index (κ3) is 3.35. The van der Waals surface area contributed by atoms with Crippen molar-refractivity contribution in [2.45, 2.75) is 27.2 Å². The Morgan fingerprint density at radius 3 is 2.53 bits per heavy atom. The number of hydrogen-bond donors (Lipinski definition) is 1. The first-order chi connectivity index (χ1) is 8.88. The second-order valence-corrected chi connectivity index (χ2v) is 7.71. The lowest BCUT2D eigenvalue weighted by atomic mass is 10.1. The zero-order chi connectivity index (χ0) is 14.2. The highest BCUT2D eigenvalue weighted by atomic mass is 79.9. The van der Waals surface area contributed by atoms with Crippen molar-refractivity contribution in [2.75, 3.05) is 5.73 Å². The van der Waals surface area contributed by atoms with Gasteiger partial charge in [0.2, 0.25) is 0 Å². The van der Waals surface area contributed by atoms with Gasteiger partial charge >= 0.3 is 0 Å². The van der Waals surface area contributed by atoms with E-state index in [2.05, 4.69) is 62.6 Å². The van der Waals surface area contributed by atoms with Gasteiger partial charge in [-0.3, -0.25) is 0 Å². The van der Waals surface area contributed by atoms with Gasteiger partial charge in [-0.15, -0.1) is 11.3 Å². The smallest absolute Gasteiger partial charge is 0.171 e. The van der Waals surface area contributed by atoms with E-state index in [9.17, 15) is 0 Å². The number of nitrogens with two attached hydrogens (primary N) is 1. The molecule has 0 aliphatic carbocycles. The van der Waals surface area contributed by atoms with Gasteiger partial charge in [0.25, 0.3) is 0 Å². The Hall–Kier alpha value is -0.460. The predicted octanol–water partition coefficient (Wildman–Crippen LogP) is 4.82. The van der Waals surface area contributed by atoms with Gasteiger partial charge in [-0.05, 0) is 57.2 Å². The van der Waals surface area contributed by atoms with Crippen LogP contribution in [-0.2, 0) is 6.42 Å². The Morgan fingerprint density at radius 2 is 2.00 bits per heavy atom. The highest BCUT2D eigenvalue weighted by Gasteiger charge is 2.14. The normalized spacial score (nSPS) is 11.3. The van der Waals surface area contributed by atoms with Gasteiger partial charge in [0.05, 0.1) is 15.0 Å². The molecule has 2 heterocycles. The molecule has 6 heteroatoms. The second-order valence-electron chi connectivity index (χ2n) is 4.81. The summed E-state index contributed by atoms with van der Waals surface area (Å²) in [5, 5.41) is 0. The molecular weight excluding hydrogens is 390 g/mol. The number of anilines is 1. The minimum Gasteiger partial charge on any atom is -0.383 e. The van der Waals surface area contributed by atoms with E-state index in [1.165, 1.54) is 4.88 Å². The van der Waals surface area contributed by atoms with E-state index in [0.29, 0.717) is 17.6 Å². The number of hydrogen-bond acceptors (Lipinski definition) is 4. The summed E-state index contributed by atoms with van der Waals surface area (Å²) in [5.41, 5.74) is 6.95. The van der Waals surface area contributed by atoms with Crippen molar-refractivity contribution in [3.8, 4) is 10.7 Å². The van der Waals surface area contributed by atoms with Crippen LogP contribution in [0.25, 0.3) is 10.7 Å². The van der Waals surface area contributed by atoms with E-state index in [4.69, 9.17) is 5.73 Å². The highest BCUT2D eigenvalue weighted by molar-refractivity contribution is 9.11. The topological polar surface area (TPSA) is 51.8 Å². The molecule has 102 valence electrons. The van der Waals surface area contributed by atoms with E-state index >= 15 is 0 Å². The average Bonchev–Trinajstić information content (AvgIpc) is 2.65. The fourth-order valence-corrected chi connectivity index (χ4v) is 3.52. The standard InChI is InChI=1S/C13H15Br2N3S/c1-6(2)4-9-11(15)12(16)18-13(17-9)10-5-8(14)7(3)19-10/h5-6H,4H2,1-3H3,(H2,16,17,18). The summed E-state index contributed by atoms with van der Waals surface area (Å²) in [7, 11) is 0. The van der Waals surface area contributed by atoms with Crippen molar-refractivity contribution >= 4 is 49.0 Å². The summed E-state index contributed by atoms with van der Waals surface area (Å²) in [5.74, 6) is 1.73. The molecule has 2 N–H and O–H groups in total. The van der Waals surface area contributed by atoms with E-state index in [-0.39, 0.29) is 0 Å². The Morgan fingerprint density at radius 1 is 1.32 bits per heavy atom. The van der Waals surface area contributed by atoms with Crippen LogP contribution in [0.4, 0.5) is 5.82 Å². The third-order valence-electron chi connectivity index (χ3n) is 2.62. The molecule has 0 fully saturated rings. The summed E-state index contributed by atoms with van der Waals surface area (Å²) in [4.78, 5) is 11.3. The lowest BCUT2D eigenvalue weighted by Crippen LogP contribution is -2.05. The molecule has 2 aromatic rings. The van der Waals surface area contributed by atoms with Gasteiger partial charge in [0.15, 0.2) is 5.82 Å². The fourth-order valence-electron chi connectivity index (χ4n) is 1.72. The third-order valence-corrected chi connectivity index (χ3v) is 5.62. The number of nitrogen functional groups attached to an aromatic ring is 1. The molecule has 3 nitrogen and oxygen atoms in total. The predicted molar refractivity (Wildman–Crippen MR) is 88.4 cm³/mol. The minimum absolute atomic E-state index is 0.503. The zero-order valence-electron chi connectivity index (χ0n) is 11.0. The summed E-state index contributed by atoms with van der Waals surface area (Å²) < 4.78 is 1.90. The summed E-state index contributed by atoms with van der Waals surface area (Å²) >= 11 is 8.67. The maximum atomic E-state index is 5.97. The van der Waals surface area contributed by atoms with Crippen LogP contribution in [0.15, 0.2) is 15.0 Å². The van der Waals surface area contributed by atoms with E-state index in [0.717, 1.165) is 25.9 Å². The van der Waals surface area contributed by atoms with Crippen LogP contribution in [0, 0.1) is 12.8 Å². The lowest BCUT2D eigenvalue weighted by Gasteiger charge is -2.09. The first-order valence-electron chi connectivity index (χ1n) is 5.96. The van der Waals surface area contributed by atoms with Crippen LogP contribution < -0.4 is 5.73 Å². The van der Waals surface area contributed by atoms with Crippen molar-refractivity contribution < 1.29 is 0 Å². The van der Waals surface area contributed by atoms with Gasteiger partial charge in [-0.1, -0.05) is 13.8 Å². The van der Waals surface area contributed by atoms with Gasteiger partial charge in [-0.2, -0.15) is 0 Å². The van der Waals surface area contributed by atoms with Crippen molar-refractivity contribution in [1.82, 2.24) is 9.97 Å². The van der Waals surface area contributed by atoms with E-state index in [1.807, 2.05) is 6.07 Å². The molecule has 0 unspecified atom stereocenters. The van der Waals surface area contributed by atoms with E-state index in [1.54, 1.807) is 11.3 Å². The molecule has 0 amide bonds. The molecule has 0 saturated carbocycles. The summed E-state index contributed by atoms with van der Waals surface area (Å²) in [6, 6.07) is 2.04. The second kappa shape index (κ2) is 5.89. The molecule has 0 aliphatic rings. The maximum Gasteiger partial charge on any atom is 0.171 e. The number of nitrogens with zero attached hydrogens (tertiary/aromatic N) is 2. The Balaban J connectivity index is 2.49. The number of thiophene rings is 1. The van der Waals surface area contributed by atoms with Crippen LogP contribution in [0.3, 0.4) is 0 Å². The monoisotopic (exact) mass is 403 g/mol. The highest BCUT2D eigenvalue weighted by Crippen LogP contribution is 2.34. The quantitative estimate of drug-likeness (QED) is 0.797. The van der Waals surface area contributed by atoms with Crippen LogP contribution in [-0.4, -0.2) is 9.97 Å². The van der Waals surface area contributed by atoms with Crippen LogP contribution in [0.5, 0.6) is 0 Å². The molecule has 2 rings (SSSR count). The Bertz CT molecular complexity index is 589. The van der Waals surface area contributed by atoms with Crippen LogP contribution in [0.1, 0.15) is 24.4 Å². The summed E-state index contributed by atoms with van der Waals surface area (Å²) in [6.07, 6.45) is 0.881.